The molecule has 0 unspecified atom stereocenters. The molecule has 3 heterocycles. The molecule has 1 N–H and O–H groups in total. The second kappa shape index (κ2) is 7.36. The molecule has 1 saturated heterocycles. The van der Waals surface area contributed by atoms with Crippen LogP contribution in [-0.2, 0) is 11.3 Å². The highest BCUT2D eigenvalue weighted by Crippen LogP contribution is 2.37. The zero-order chi connectivity index (χ0) is 19.8. The molecule has 2 amide bonds. The van der Waals surface area contributed by atoms with Crippen LogP contribution in [0.3, 0.4) is 0 Å². The Kier molecular flexibility index (Phi) is 4.55. The first kappa shape index (κ1) is 17.9. The van der Waals surface area contributed by atoms with E-state index in [-0.39, 0.29) is 11.8 Å². The first-order valence-corrected chi connectivity index (χ1v) is 10.4. The SMILES string of the molecule is O=C(Nc1nc2cc3c(cc2s1)OCCO3)c1ccc(CN2CCCC2=O)cc1. The summed E-state index contributed by atoms with van der Waals surface area (Å²) in [6.45, 7) is 2.45. The number of aromatic nitrogens is 1. The second-order valence-corrected chi connectivity index (χ2v) is 8.08. The number of likely N-dealkylation sites (tertiary alicyclic amines) is 1. The molecule has 1 aromatic heterocycles. The number of nitrogens with one attached hydrogen (secondary N) is 1. The van der Waals surface area contributed by atoms with Gasteiger partial charge in [0, 0.05) is 37.2 Å². The molecule has 0 atom stereocenters. The van der Waals surface area contributed by atoms with Crippen molar-refractivity contribution < 1.29 is 19.1 Å². The summed E-state index contributed by atoms with van der Waals surface area (Å²) >= 11 is 1.40. The monoisotopic (exact) mass is 409 g/mol. The Morgan fingerprint density at radius 1 is 1.14 bits per heavy atom. The summed E-state index contributed by atoms with van der Waals surface area (Å²) in [7, 11) is 0. The van der Waals surface area contributed by atoms with Crippen molar-refractivity contribution in [2.24, 2.45) is 0 Å². The van der Waals surface area contributed by atoms with Gasteiger partial charge in [0.05, 0.1) is 10.2 Å². The predicted molar refractivity (Wildman–Crippen MR) is 110 cm³/mol. The van der Waals surface area contributed by atoms with Gasteiger partial charge in [0.1, 0.15) is 13.2 Å². The molecule has 2 aliphatic heterocycles. The smallest absolute Gasteiger partial charge is 0.257 e. The molecule has 2 aromatic carbocycles. The maximum atomic E-state index is 12.6. The lowest BCUT2D eigenvalue weighted by atomic mass is 10.1. The van der Waals surface area contributed by atoms with Crippen molar-refractivity contribution in [3.05, 3.63) is 47.5 Å². The second-order valence-electron chi connectivity index (χ2n) is 7.05. The number of amides is 2. The summed E-state index contributed by atoms with van der Waals surface area (Å²) in [6, 6.07) is 11.1. The van der Waals surface area contributed by atoms with E-state index in [1.54, 1.807) is 12.1 Å². The third-order valence-corrected chi connectivity index (χ3v) is 5.97. The van der Waals surface area contributed by atoms with E-state index in [0.717, 1.165) is 28.7 Å². The fourth-order valence-corrected chi connectivity index (χ4v) is 4.41. The quantitative estimate of drug-likeness (QED) is 0.714. The molecule has 2 aliphatic rings. The highest BCUT2D eigenvalue weighted by atomic mass is 32.1. The number of benzene rings is 2. The molecule has 7 nitrogen and oxygen atoms in total. The molecular formula is C21H19N3O4S. The molecule has 148 valence electrons. The number of hydrogen-bond acceptors (Lipinski definition) is 6. The minimum absolute atomic E-state index is 0.195. The number of anilines is 1. The summed E-state index contributed by atoms with van der Waals surface area (Å²) in [6.07, 6.45) is 1.55. The van der Waals surface area contributed by atoms with Crippen LogP contribution in [0.25, 0.3) is 10.2 Å². The van der Waals surface area contributed by atoms with Crippen molar-refractivity contribution in [1.29, 1.82) is 0 Å². The van der Waals surface area contributed by atoms with Crippen LogP contribution in [-0.4, -0.2) is 41.5 Å². The molecule has 0 saturated carbocycles. The molecule has 0 spiro atoms. The van der Waals surface area contributed by atoms with Crippen LogP contribution in [0.4, 0.5) is 5.13 Å². The first-order valence-electron chi connectivity index (χ1n) is 9.54. The maximum absolute atomic E-state index is 12.6. The third-order valence-electron chi connectivity index (χ3n) is 5.03. The van der Waals surface area contributed by atoms with E-state index in [4.69, 9.17) is 9.47 Å². The average molecular weight is 409 g/mol. The van der Waals surface area contributed by atoms with Crippen molar-refractivity contribution in [2.45, 2.75) is 19.4 Å². The van der Waals surface area contributed by atoms with Gasteiger partial charge in [-0.25, -0.2) is 4.98 Å². The van der Waals surface area contributed by atoms with E-state index in [9.17, 15) is 9.59 Å². The van der Waals surface area contributed by atoms with Gasteiger partial charge in [0.2, 0.25) is 5.91 Å². The Hall–Kier alpha value is -3.13. The maximum Gasteiger partial charge on any atom is 0.257 e. The van der Waals surface area contributed by atoms with Crippen molar-refractivity contribution in [1.82, 2.24) is 9.88 Å². The minimum atomic E-state index is -0.217. The van der Waals surface area contributed by atoms with Gasteiger partial charge in [-0.2, -0.15) is 0 Å². The van der Waals surface area contributed by atoms with Crippen molar-refractivity contribution >= 4 is 38.5 Å². The Bertz CT molecular complexity index is 1050. The molecule has 8 heteroatoms. The molecule has 0 bridgehead atoms. The van der Waals surface area contributed by atoms with Gasteiger partial charge in [-0.05, 0) is 24.1 Å². The van der Waals surface area contributed by atoms with Gasteiger partial charge in [0.15, 0.2) is 16.6 Å². The summed E-state index contributed by atoms with van der Waals surface area (Å²) in [5.41, 5.74) is 2.33. The largest absolute Gasteiger partial charge is 0.486 e. The minimum Gasteiger partial charge on any atom is -0.486 e. The number of hydrogen-bond donors (Lipinski definition) is 1. The first-order chi connectivity index (χ1) is 14.2. The summed E-state index contributed by atoms with van der Waals surface area (Å²) in [5.74, 6) is 1.36. The molecule has 29 heavy (non-hydrogen) atoms. The molecule has 3 aromatic rings. The van der Waals surface area contributed by atoms with Gasteiger partial charge in [0.25, 0.3) is 5.91 Å². The number of thiazole rings is 1. The van der Waals surface area contributed by atoms with Gasteiger partial charge in [-0.1, -0.05) is 23.5 Å². The molecule has 1 fully saturated rings. The Balaban J connectivity index is 1.29. The van der Waals surface area contributed by atoms with Crippen molar-refractivity contribution in [3.8, 4) is 11.5 Å². The van der Waals surface area contributed by atoms with E-state index < -0.39 is 0 Å². The topological polar surface area (TPSA) is 80.8 Å². The van der Waals surface area contributed by atoms with E-state index in [1.807, 2.05) is 29.2 Å². The van der Waals surface area contributed by atoms with Crippen molar-refractivity contribution in [3.63, 3.8) is 0 Å². The number of carbonyl (C=O) groups is 2. The van der Waals surface area contributed by atoms with Crippen molar-refractivity contribution in [2.75, 3.05) is 25.1 Å². The highest BCUT2D eigenvalue weighted by molar-refractivity contribution is 7.22. The number of carbonyl (C=O) groups excluding carboxylic acids is 2. The van der Waals surface area contributed by atoms with Gasteiger partial charge >= 0.3 is 0 Å². The number of fused-ring (bicyclic) bond motifs is 2. The Morgan fingerprint density at radius 3 is 2.62 bits per heavy atom. The lowest BCUT2D eigenvalue weighted by Gasteiger charge is -2.17. The van der Waals surface area contributed by atoms with E-state index in [2.05, 4.69) is 10.3 Å². The number of nitrogens with zero attached hydrogens (tertiary/aromatic N) is 2. The zero-order valence-corrected chi connectivity index (χ0v) is 16.5. The standard InChI is InChI=1S/C21H19N3O4S/c25-19-2-1-7-24(19)12-13-3-5-14(6-4-13)20(26)23-21-22-15-10-16-17(11-18(15)29-21)28-9-8-27-16/h3-6,10-11H,1-2,7-9,12H2,(H,22,23,26). The van der Waals surface area contributed by atoms with Crippen LogP contribution in [0.1, 0.15) is 28.8 Å². The van der Waals surface area contributed by atoms with Crippen LogP contribution in [0.2, 0.25) is 0 Å². The van der Waals surface area contributed by atoms with Crippen LogP contribution >= 0.6 is 11.3 Å². The van der Waals surface area contributed by atoms with Crippen LogP contribution in [0.5, 0.6) is 11.5 Å². The summed E-state index contributed by atoms with van der Waals surface area (Å²) in [5, 5.41) is 3.39. The Labute approximate surface area is 171 Å². The lowest BCUT2D eigenvalue weighted by Crippen LogP contribution is -2.23. The predicted octanol–water partition coefficient (Wildman–Crippen LogP) is 3.44. The molecule has 0 aliphatic carbocycles. The summed E-state index contributed by atoms with van der Waals surface area (Å²) in [4.78, 5) is 30.7. The Morgan fingerprint density at radius 2 is 1.90 bits per heavy atom. The van der Waals surface area contributed by atoms with E-state index >= 15 is 0 Å². The van der Waals surface area contributed by atoms with Crippen LogP contribution in [0.15, 0.2) is 36.4 Å². The van der Waals surface area contributed by atoms with Gasteiger partial charge in [-0.3, -0.25) is 14.9 Å². The lowest BCUT2D eigenvalue weighted by molar-refractivity contribution is -0.128. The number of ether oxygens (including phenoxy) is 2. The molecule has 5 rings (SSSR count). The third kappa shape index (κ3) is 3.63. The fourth-order valence-electron chi connectivity index (χ4n) is 3.54. The van der Waals surface area contributed by atoms with Gasteiger partial charge < -0.3 is 14.4 Å². The highest BCUT2D eigenvalue weighted by Gasteiger charge is 2.20. The summed E-state index contributed by atoms with van der Waals surface area (Å²) < 4.78 is 12.1. The molecular weight excluding hydrogens is 390 g/mol. The van der Waals surface area contributed by atoms with Gasteiger partial charge in [-0.15, -0.1) is 0 Å². The van der Waals surface area contributed by atoms with E-state index in [1.165, 1.54) is 11.3 Å². The molecule has 0 radical (unpaired) electrons. The average Bonchev–Trinajstić information content (AvgIpc) is 3.31. The van der Waals surface area contributed by atoms with Crippen LogP contribution in [0, 0.1) is 0 Å². The zero-order valence-electron chi connectivity index (χ0n) is 15.6. The normalized spacial score (nSPS) is 15.7. The van der Waals surface area contributed by atoms with Crippen LogP contribution < -0.4 is 14.8 Å². The number of rotatable bonds is 4. The fraction of sp³-hybridized carbons (Fsp3) is 0.286. The van der Waals surface area contributed by atoms with E-state index in [0.29, 0.717) is 48.4 Å².